The largest absolute Gasteiger partial charge is 0.555 e. The second kappa shape index (κ2) is 9.77. The highest BCUT2D eigenvalue weighted by Gasteiger charge is 2.53. The summed E-state index contributed by atoms with van der Waals surface area (Å²) in [7, 11) is 1.37. The third kappa shape index (κ3) is 4.40. The molecule has 0 spiro atoms. The van der Waals surface area contributed by atoms with Crippen molar-refractivity contribution in [2.24, 2.45) is 5.92 Å². The van der Waals surface area contributed by atoms with Crippen molar-refractivity contribution in [3.63, 3.8) is 0 Å². The summed E-state index contributed by atoms with van der Waals surface area (Å²) in [5.74, 6) is 0.592. The van der Waals surface area contributed by atoms with Gasteiger partial charge < -0.3 is 9.31 Å². The molecule has 0 amide bonds. The molecule has 178 valence electrons. The molecule has 1 aliphatic carbocycles. The van der Waals surface area contributed by atoms with Gasteiger partial charge in [-0.25, -0.2) is 0 Å². The maximum atomic E-state index is 6.94. The van der Waals surface area contributed by atoms with E-state index in [2.05, 4.69) is 90.2 Å². The summed E-state index contributed by atoms with van der Waals surface area (Å²) in [5.41, 5.74) is 2.31. The first-order valence-corrected chi connectivity index (χ1v) is 13.2. The SMILES string of the molecule is COB1N[C@H](C2CCCCC2)C(Cc2cccc3ccccc23)(Cc2cccc3ccccc23)O1. The Bertz CT molecular complexity index is 1220. The van der Waals surface area contributed by atoms with E-state index in [1.54, 1.807) is 7.11 Å². The molecule has 4 aromatic carbocycles. The Kier molecular flexibility index (Phi) is 6.36. The van der Waals surface area contributed by atoms with Crippen molar-refractivity contribution in [1.82, 2.24) is 5.23 Å². The van der Waals surface area contributed by atoms with Crippen LogP contribution < -0.4 is 5.23 Å². The molecule has 0 radical (unpaired) electrons. The lowest BCUT2D eigenvalue weighted by Gasteiger charge is -2.41. The van der Waals surface area contributed by atoms with Crippen molar-refractivity contribution >= 4 is 28.8 Å². The maximum absolute atomic E-state index is 6.94. The lowest BCUT2D eigenvalue weighted by atomic mass is 9.72. The molecule has 1 aliphatic heterocycles. The number of hydrogen-bond donors (Lipinski definition) is 1. The van der Waals surface area contributed by atoms with Gasteiger partial charge in [0.25, 0.3) is 0 Å². The summed E-state index contributed by atoms with van der Waals surface area (Å²) in [4.78, 5) is 0. The van der Waals surface area contributed by atoms with Crippen molar-refractivity contribution in [3.05, 3.63) is 96.1 Å². The molecule has 4 heteroatoms. The zero-order valence-corrected chi connectivity index (χ0v) is 20.6. The van der Waals surface area contributed by atoms with Crippen LogP contribution in [0, 0.1) is 5.92 Å². The highest BCUT2D eigenvalue weighted by Crippen LogP contribution is 2.42. The zero-order chi connectivity index (χ0) is 23.7. The Hall–Kier alpha value is -2.66. The summed E-state index contributed by atoms with van der Waals surface area (Å²) in [5, 5.41) is 9.00. The lowest BCUT2D eigenvalue weighted by molar-refractivity contribution is 0.0300. The minimum Gasteiger partial charge on any atom is -0.400 e. The molecule has 1 N–H and O–H groups in total. The van der Waals surface area contributed by atoms with E-state index in [9.17, 15) is 0 Å². The summed E-state index contributed by atoms with van der Waals surface area (Å²) < 4.78 is 12.7. The smallest absolute Gasteiger partial charge is 0.400 e. The molecule has 4 aromatic rings. The molecule has 1 saturated carbocycles. The van der Waals surface area contributed by atoms with Crippen LogP contribution in [0.1, 0.15) is 43.2 Å². The van der Waals surface area contributed by atoms with Crippen LogP contribution in [0.5, 0.6) is 0 Å². The van der Waals surface area contributed by atoms with Crippen LogP contribution in [0.2, 0.25) is 0 Å². The Morgan fingerprint density at radius 1 is 0.771 bits per heavy atom. The molecule has 0 unspecified atom stereocenters. The third-order valence-electron chi connectivity index (χ3n) is 8.30. The van der Waals surface area contributed by atoms with E-state index >= 15 is 0 Å². The minimum absolute atomic E-state index is 0.241. The lowest BCUT2D eigenvalue weighted by Crippen LogP contribution is -2.52. The quantitative estimate of drug-likeness (QED) is 0.322. The highest BCUT2D eigenvalue weighted by molar-refractivity contribution is 6.42. The first-order chi connectivity index (χ1) is 17.3. The van der Waals surface area contributed by atoms with Crippen LogP contribution in [-0.4, -0.2) is 26.0 Å². The Morgan fingerprint density at radius 2 is 1.31 bits per heavy atom. The fourth-order valence-electron chi connectivity index (χ4n) is 6.67. The number of rotatable bonds is 6. The van der Waals surface area contributed by atoms with E-state index in [1.165, 1.54) is 64.8 Å². The zero-order valence-electron chi connectivity index (χ0n) is 20.6. The van der Waals surface area contributed by atoms with Gasteiger partial charge in [-0.05, 0) is 51.4 Å². The molecule has 2 fully saturated rings. The van der Waals surface area contributed by atoms with Gasteiger partial charge in [0.1, 0.15) is 0 Å². The van der Waals surface area contributed by atoms with Gasteiger partial charge >= 0.3 is 7.25 Å². The monoisotopic (exact) mass is 463 g/mol. The fraction of sp³-hybridized carbons (Fsp3) is 0.355. The van der Waals surface area contributed by atoms with Crippen LogP contribution in [0.3, 0.4) is 0 Å². The Morgan fingerprint density at radius 3 is 1.89 bits per heavy atom. The Balaban J connectivity index is 1.48. The van der Waals surface area contributed by atoms with E-state index in [4.69, 9.17) is 9.31 Å². The summed E-state index contributed by atoms with van der Waals surface area (Å²) in [6.45, 7) is 0. The number of fused-ring (bicyclic) bond motifs is 2. The van der Waals surface area contributed by atoms with Gasteiger partial charge in [0.15, 0.2) is 0 Å². The first kappa shape index (κ1) is 22.8. The van der Waals surface area contributed by atoms with Crippen molar-refractivity contribution in [1.29, 1.82) is 0 Å². The summed E-state index contributed by atoms with van der Waals surface area (Å²) in [6.07, 6.45) is 8.17. The number of benzene rings is 4. The Labute approximate surface area is 209 Å². The van der Waals surface area contributed by atoms with E-state index in [0.29, 0.717) is 5.92 Å². The molecule has 1 heterocycles. The van der Waals surface area contributed by atoms with Crippen LogP contribution in [0.25, 0.3) is 21.5 Å². The van der Waals surface area contributed by atoms with Crippen molar-refractivity contribution in [3.8, 4) is 0 Å². The van der Waals surface area contributed by atoms with Gasteiger partial charge in [0.05, 0.1) is 5.60 Å². The fourth-order valence-corrected chi connectivity index (χ4v) is 6.67. The minimum atomic E-state index is -0.392. The molecule has 0 bridgehead atoms. The maximum Gasteiger partial charge on any atom is 0.555 e. The van der Waals surface area contributed by atoms with Crippen LogP contribution in [0.4, 0.5) is 0 Å². The molecule has 35 heavy (non-hydrogen) atoms. The molecule has 3 nitrogen and oxygen atoms in total. The highest BCUT2D eigenvalue weighted by atomic mass is 16.6. The second-order valence-corrected chi connectivity index (χ2v) is 10.4. The molecule has 1 saturated heterocycles. The van der Waals surface area contributed by atoms with Gasteiger partial charge in [-0.1, -0.05) is 104 Å². The normalized spacial score (nSPS) is 20.6. The average Bonchev–Trinajstić information content (AvgIpc) is 3.28. The van der Waals surface area contributed by atoms with E-state index < -0.39 is 5.60 Å². The average molecular weight is 463 g/mol. The van der Waals surface area contributed by atoms with Crippen LogP contribution in [-0.2, 0) is 22.2 Å². The first-order valence-electron chi connectivity index (χ1n) is 13.2. The van der Waals surface area contributed by atoms with E-state index in [-0.39, 0.29) is 13.3 Å². The molecule has 2 aliphatic rings. The van der Waals surface area contributed by atoms with Crippen molar-refractivity contribution in [2.45, 2.75) is 56.6 Å². The third-order valence-corrected chi connectivity index (χ3v) is 8.30. The van der Waals surface area contributed by atoms with Gasteiger partial charge in [-0.15, -0.1) is 0 Å². The standard InChI is InChI=1S/C31H34BNO2/c1-34-32-33-30(25-13-3-2-4-14-25)31(35-32,21-26-17-9-15-23-11-5-7-19-28(23)26)22-27-18-10-16-24-12-6-8-20-29(24)27/h5-12,15-20,25,30,33H,2-4,13-14,21-22H2,1H3/t30-/m1/s1. The molecular weight excluding hydrogens is 429 g/mol. The molecule has 6 rings (SSSR count). The van der Waals surface area contributed by atoms with Gasteiger partial charge in [-0.2, -0.15) is 0 Å². The summed E-state index contributed by atoms with van der Waals surface area (Å²) >= 11 is 0. The molecular formula is C31H34BNO2. The van der Waals surface area contributed by atoms with Crippen LogP contribution >= 0.6 is 0 Å². The molecule has 0 aromatic heterocycles. The van der Waals surface area contributed by atoms with Crippen molar-refractivity contribution in [2.75, 3.05) is 7.11 Å². The van der Waals surface area contributed by atoms with E-state index in [1.807, 2.05) is 0 Å². The van der Waals surface area contributed by atoms with Gasteiger partial charge in [-0.3, -0.25) is 5.23 Å². The van der Waals surface area contributed by atoms with E-state index in [0.717, 1.165) is 12.8 Å². The van der Waals surface area contributed by atoms with Gasteiger partial charge in [0, 0.05) is 26.0 Å². The molecule has 1 atom stereocenters. The van der Waals surface area contributed by atoms with Gasteiger partial charge in [0.2, 0.25) is 0 Å². The number of hydrogen-bond acceptors (Lipinski definition) is 3. The number of nitrogens with one attached hydrogen (secondary N) is 1. The van der Waals surface area contributed by atoms with Crippen molar-refractivity contribution < 1.29 is 9.31 Å². The predicted octanol–water partition coefficient (Wildman–Crippen LogP) is 6.72. The predicted molar refractivity (Wildman–Crippen MR) is 145 cm³/mol. The van der Waals surface area contributed by atoms with Crippen LogP contribution in [0.15, 0.2) is 84.9 Å². The topological polar surface area (TPSA) is 30.5 Å². The summed E-state index contributed by atoms with van der Waals surface area (Å²) in [6, 6.07) is 31.1. The second-order valence-electron chi connectivity index (χ2n) is 10.4.